The second kappa shape index (κ2) is 7.73. The number of carbonyl (C=O) groups excluding carboxylic acids is 1. The fourth-order valence-electron chi connectivity index (χ4n) is 4.42. The number of rotatable bonds is 2. The fraction of sp³-hybridized carbons (Fsp3) is 0.160. The van der Waals surface area contributed by atoms with Gasteiger partial charge in [-0.05, 0) is 48.2 Å². The number of anilines is 2. The van der Waals surface area contributed by atoms with E-state index in [1.165, 1.54) is 6.07 Å². The molecular formula is C25H20BrFN2O. The van der Waals surface area contributed by atoms with Crippen molar-refractivity contribution in [2.45, 2.75) is 24.8 Å². The molecule has 30 heavy (non-hydrogen) atoms. The lowest BCUT2D eigenvalue weighted by Gasteiger charge is -2.30. The van der Waals surface area contributed by atoms with E-state index >= 15 is 0 Å². The molecule has 0 unspecified atom stereocenters. The van der Waals surface area contributed by atoms with Crippen molar-refractivity contribution < 1.29 is 9.18 Å². The maximum atomic E-state index is 14.9. The number of benzene rings is 3. The van der Waals surface area contributed by atoms with Crippen LogP contribution in [0.3, 0.4) is 0 Å². The lowest BCUT2D eigenvalue weighted by Crippen LogP contribution is -2.27. The number of carbonyl (C=O) groups is 1. The third-order valence-electron chi connectivity index (χ3n) is 5.85. The Balaban J connectivity index is 1.65. The summed E-state index contributed by atoms with van der Waals surface area (Å²) in [6, 6.07) is 22.2. The van der Waals surface area contributed by atoms with Crippen LogP contribution in [0.4, 0.5) is 15.8 Å². The Morgan fingerprint density at radius 3 is 2.43 bits per heavy atom. The molecule has 150 valence electrons. The number of para-hydroxylation sites is 2. The zero-order chi connectivity index (χ0) is 20.7. The molecule has 0 aromatic heterocycles. The normalized spacial score (nSPS) is 20.5. The number of fused-ring (bicyclic) bond motifs is 1. The predicted octanol–water partition coefficient (Wildman–Crippen LogP) is 6.57. The van der Waals surface area contributed by atoms with E-state index in [-0.39, 0.29) is 17.5 Å². The number of halogens is 2. The summed E-state index contributed by atoms with van der Waals surface area (Å²) in [5.41, 5.74) is 4.83. The topological polar surface area (TPSA) is 41.1 Å². The average molecular weight is 463 g/mol. The van der Waals surface area contributed by atoms with Gasteiger partial charge >= 0.3 is 0 Å². The van der Waals surface area contributed by atoms with Crippen LogP contribution < -0.4 is 10.6 Å². The van der Waals surface area contributed by atoms with E-state index in [4.69, 9.17) is 0 Å². The summed E-state index contributed by atoms with van der Waals surface area (Å²) >= 11 is 3.45. The second-order valence-corrected chi connectivity index (χ2v) is 8.66. The Hall–Kier alpha value is -2.92. The molecule has 0 fully saturated rings. The highest BCUT2D eigenvalue weighted by atomic mass is 79.9. The monoisotopic (exact) mass is 462 g/mol. The van der Waals surface area contributed by atoms with Crippen LogP contribution in [0.5, 0.6) is 0 Å². The molecule has 0 spiro atoms. The molecule has 0 radical (unpaired) electrons. The first-order valence-corrected chi connectivity index (χ1v) is 10.8. The van der Waals surface area contributed by atoms with Crippen molar-refractivity contribution in [2.24, 2.45) is 0 Å². The van der Waals surface area contributed by atoms with E-state index in [2.05, 4.69) is 38.7 Å². The van der Waals surface area contributed by atoms with Gasteiger partial charge in [0.1, 0.15) is 5.82 Å². The van der Waals surface area contributed by atoms with Gasteiger partial charge in [0.25, 0.3) is 0 Å². The van der Waals surface area contributed by atoms with Crippen LogP contribution in [0, 0.1) is 5.82 Å². The van der Waals surface area contributed by atoms with E-state index in [0.717, 1.165) is 27.1 Å². The van der Waals surface area contributed by atoms with Gasteiger partial charge in [-0.15, -0.1) is 0 Å². The molecule has 2 atom stereocenters. The number of hydrogen-bond acceptors (Lipinski definition) is 3. The molecule has 2 aliphatic rings. The number of allylic oxidation sites excluding steroid dienone is 1. The lowest BCUT2D eigenvalue weighted by molar-refractivity contribution is -0.116. The van der Waals surface area contributed by atoms with Crippen molar-refractivity contribution in [3.05, 3.63) is 105 Å². The first-order chi connectivity index (χ1) is 14.6. The number of ketones is 1. The highest BCUT2D eigenvalue weighted by molar-refractivity contribution is 9.10. The molecule has 1 aliphatic heterocycles. The lowest BCUT2D eigenvalue weighted by atomic mass is 9.78. The molecule has 0 saturated heterocycles. The third-order valence-corrected chi connectivity index (χ3v) is 6.34. The molecule has 3 aromatic rings. The molecule has 2 N–H and O–H groups in total. The smallest absolute Gasteiger partial charge is 0.163 e. The van der Waals surface area contributed by atoms with Gasteiger partial charge in [0, 0.05) is 27.7 Å². The van der Waals surface area contributed by atoms with Gasteiger partial charge in [0.15, 0.2) is 5.78 Å². The fourth-order valence-corrected chi connectivity index (χ4v) is 4.80. The molecule has 0 saturated carbocycles. The zero-order valence-electron chi connectivity index (χ0n) is 16.2. The quantitative estimate of drug-likeness (QED) is 0.452. The number of Topliss-reactive ketones (excluding diaryl/α,β-unsaturated/α-hetero) is 1. The summed E-state index contributed by atoms with van der Waals surface area (Å²) in [6.07, 6.45) is 1.11. The Bertz CT molecular complexity index is 1160. The van der Waals surface area contributed by atoms with Gasteiger partial charge in [0.05, 0.1) is 17.4 Å². The van der Waals surface area contributed by atoms with Crippen LogP contribution in [0.15, 0.2) is 88.5 Å². The summed E-state index contributed by atoms with van der Waals surface area (Å²) in [7, 11) is 0. The Labute approximate surface area is 183 Å². The molecule has 5 rings (SSSR count). The molecule has 0 amide bonds. The highest BCUT2D eigenvalue weighted by Gasteiger charge is 2.36. The van der Waals surface area contributed by atoms with Crippen molar-refractivity contribution in [3.8, 4) is 0 Å². The van der Waals surface area contributed by atoms with Gasteiger partial charge < -0.3 is 10.6 Å². The summed E-state index contributed by atoms with van der Waals surface area (Å²) < 4.78 is 15.7. The molecule has 0 bridgehead atoms. The molecule has 1 aliphatic carbocycles. The zero-order valence-corrected chi connectivity index (χ0v) is 17.7. The minimum atomic E-state index is -0.558. The van der Waals surface area contributed by atoms with E-state index in [0.29, 0.717) is 24.0 Å². The summed E-state index contributed by atoms with van der Waals surface area (Å²) in [4.78, 5) is 13.4. The maximum absolute atomic E-state index is 14.9. The third kappa shape index (κ3) is 3.43. The van der Waals surface area contributed by atoms with Gasteiger partial charge in [-0.3, -0.25) is 4.79 Å². The van der Waals surface area contributed by atoms with Crippen molar-refractivity contribution in [1.29, 1.82) is 0 Å². The van der Waals surface area contributed by atoms with Gasteiger partial charge in [0.2, 0.25) is 0 Å². The van der Waals surface area contributed by atoms with Crippen LogP contribution in [0.1, 0.15) is 35.9 Å². The number of nitrogens with one attached hydrogen (secondary N) is 2. The van der Waals surface area contributed by atoms with Crippen molar-refractivity contribution in [1.82, 2.24) is 0 Å². The summed E-state index contributed by atoms with van der Waals surface area (Å²) in [5.74, 6) is -0.189. The predicted molar refractivity (Wildman–Crippen MR) is 121 cm³/mol. The highest BCUT2D eigenvalue weighted by Crippen LogP contribution is 2.44. The van der Waals surface area contributed by atoms with E-state index in [1.54, 1.807) is 12.1 Å². The Morgan fingerprint density at radius 1 is 0.900 bits per heavy atom. The van der Waals surface area contributed by atoms with Gasteiger partial charge in [-0.25, -0.2) is 4.39 Å². The molecular weight excluding hydrogens is 443 g/mol. The van der Waals surface area contributed by atoms with Crippen LogP contribution in [-0.4, -0.2) is 5.78 Å². The van der Waals surface area contributed by atoms with Crippen LogP contribution >= 0.6 is 15.9 Å². The SMILES string of the molecule is O=C1C[C@@H](c2ccccc2)CC2=C1[C@@H](c1cc(Br)ccc1F)Nc1ccccc1N2. The minimum Gasteiger partial charge on any atom is -0.372 e. The first-order valence-electron chi connectivity index (χ1n) is 9.99. The summed E-state index contributed by atoms with van der Waals surface area (Å²) in [5, 5.41) is 6.91. The van der Waals surface area contributed by atoms with Gasteiger partial charge in [-0.2, -0.15) is 0 Å². The standard InChI is InChI=1S/C25H20BrFN2O/c26-17-10-11-19(27)18(14-17)25-24-22(28-20-8-4-5-9-21(20)29-25)12-16(13-23(24)30)15-6-2-1-3-7-15/h1-11,14,16,25,28-29H,12-13H2/t16-,25+/m0/s1. The summed E-state index contributed by atoms with van der Waals surface area (Å²) in [6.45, 7) is 0. The van der Waals surface area contributed by atoms with Crippen LogP contribution in [-0.2, 0) is 4.79 Å². The van der Waals surface area contributed by atoms with Crippen LogP contribution in [0.25, 0.3) is 0 Å². The van der Waals surface area contributed by atoms with Crippen LogP contribution in [0.2, 0.25) is 0 Å². The molecule has 5 heteroatoms. The maximum Gasteiger partial charge on any atom is 0.163 e. The van der Waals surface area contributed by atoms with E-state index < -0.39 is 6.04 Å². The van der Waals surface area contributed by atoms with Crippen molar-refractivity contribution in [3.63, 3.8) is 0 Å². The largest absolute Gasteiger partial charge is 0.372 e. The average Bonchev–Trinajstić information content (AvgIpc) is 2.93. The van der Waals surface area contributed by atoms with E-state index in [1.807, 2.05) is 42.5 Å². The first kappa shape index (κ1) is 19.1. The molecule has 1 heterocycles. The van der Waals surface area contributed by atoms with E-state index in [9.17, 15) is 9.18 Å². The molecule has 3 nitrogen and oxygen atoms in total. The van der Waals surface area contributed by atoms with Crippen molar-refractivity contribution >= 4 is 33.1 Å². The minimum absolute atomic E-state index is 0.0438. The Kier molecular flexibility index (Phi) is 4.91. The molecule has 3 aromatic carbocycles. The second-order valence-electron chi connectivity index (χ2n) is 7.75. The number of hydrogen-bond donors (Lipinski definition) is 2. The van der Waals surface area contributed by atoms with Gasteiger partial charge in [-0.1, -0.05) is 58.4 Å². The van der Waals surface area contributed by atoms with Crippen molar-refractivity contribution in [2.75, 3.05) is 10.6 Å². The Morgan fingerprint density at radius 2 is 1.63 bits per heavy atom.